The molecule has 0 radical (unpaired) electrons. The van der Waals surface area contributed by atoms with Crippen LogP contribution in [0.4, 0.5) is 5.82 Å². The summed E-state index contributed by atoms with van der Waals surface area (Å²) in [5, 5.41) is 3.39. The van der Waals surface area contributed by atoms with Gasteiger partial charge in [-0.3, -0.25) is 4.79 Å². The average Bonchev–Trinajstić information content (AvgIpc) is 2.37. The maximum absolute atomic E-state index is 11.0. The maximum atomic E-state index is 11.0. The zero-order valence-electron chi connectivity index (χ0n) is 10.3. The standard InChI is InChI=1S/C12H16ClN3O2/c1-8-15-11(13)10(7-17)12(16-8)14-6-9-2-4-18-5-3-9/h7,9H,2-6H2,1H3,(H,14,15,16). The van der Waals surface area contributed by atoms with Crippen LogP contribution in [0.25, 0.3) is 0 Å². The van der Waals surface area contributed by atoms with Crippen molar-refractivity contribution in [2.24, 2.45) is 5.92 Å². The van der Waals surface area contributed by atoms with E-state index >= 15 is 0 Å². The molecule has 0 aliphatic carbocycles. The molecule has 2 rings (SSSR count). The third kappa shape index (κ3) is 3.17. The number of hydrogen-bond donors (Lipinski definition) is 1. The Morgan fingerprint density at radius 1 is 1.44 bits per heavy atom. The SMILES string of the molecule is Cc1nc(Cl)c(C=O)c(NCC2CCOCC2)n1. The molecule has 0 bridgehead atoms. The third-order valence-electron chi connectivity index (χ3n) is 3.03. The lowest BCUT2D eigenvalue weighted by Gasteiger charge is -2.22. The monoisotopic (exact) mass is 269 g/mol. The van der Waals surface area contributed by atoms with Gasteiger partial charge in [0.2, 0.25) is 0 Å². The fourth-order valence-corrected chi connectivity index (χ4v) is 2.23. The topological polar surface area (TPSA) is 64.1 Å². The van der Waals surface area contributed by atoms with Crippen LogP contribution < -0.4 is 5.32 Å². The van der Waals surface area contributed by atoms with Gasteiger partial charge in [-0.15, -0.1) is 0 Å². The Morgan fingerprint density at radius 3 is 2.83 bits per heavy atom. The van der Waals surface area contributed by atoms with E-state index in [1.165, 1.54) is 0 Å². The molecule has 0 unspecified atom stereocenters. The van der Waals surface area contributed by atoms with Crippen molar-refractivity contribution in [3.8, 4) is 0 Å². The second-order valence-electron chi connectivity index (χ2n) is 4.38. The van der Waals surface area contributed by atoms with Crippen molar-refractivity contribution in [3.05, 3.63) is 16.5 Å². The van der Waals surface area contributed by atoms with Crippen LogP contribution >= 0.6 is 11.6 Å². The lowest BCUT2D eigenvalue weighted by atomic mass is 10.0. The normalized spacial score (nSPS) is 16.6. The number of aryl methyl sites for hydroxylation is 1. The van der Waals surface area contributed by atoms with Crippen LogP contribution in [0.3, 0.4) is 0 Å². The molecule has 0 saturated carbocycles. The average molecular weight is 270 g/mol. The minimum absolute atomic E-state index is 0.201. The second kappa shape index (κ2) is 6.11. The van der Waals surface area contributed by atoms with E-state index in [4.69, 9.17) is 16.3 Å². The van der Waals surface area contributed by atoms with Gasteiger partial charge in [-0.05, 0) is 25.7 Å². The second-order valence-corrected chi connectivity index (χ2v) is 4.74. The predicted octanol–water partition coefficient (Wildman–Crippen LogP) is 2.09. The number of nitrogens with one attached hydrogen (secondary N) is 1. The highest BCUT2D eigenvalue weighted by atomic mass is 35.5. The highest BCUT2D eigenvalue weighted by Gasteiger charge is 2.16. The van der Waals surface area contributed by atoms with Gasteiger partial charge >= 0.3 is 0 Å². The number of halogens is 1. The smallest absolute Gasteiger partial charge is 0.156 e. The van der Waals surface area contributed by atoms with Gasteiger partial charge in [-0.2, -0.15) is 0 Å². The third-order valence-corrected chi connectivity index (χ3v) is 3.32. The Labute approximate surface area is 111 Å². The Hall–Kier alpha value is -1.20. The van der Waals surface area contributed by atoms with E-state index in [1.807, 2.05) is 0 Å². The number of ether oxygens (including phenoxy) is 1. The van der Waals surface area contributed by atoms with E-state index in [0.29, 0.717) is 29.4 Å². The van der Waals surface area contributed by atoms with Crippen LogP contribution in [0.5, 0.6) is 0 Å². The van der Waals surface area contributed by atoms with Crippen molar-refractivity contribution in [1.29, 1.82) is 0 Å². The van der Waals surface area contributed by atoms with Crippen LogP contribution in [-0.2, 0) is 4.74 Å². The van der Waals surface area contributed by atoms with Gasteiger partial charge in [0.15, 0.2) is 6.29 Å². The summed E-state index contributed by atoms with van der Waals surface area (Å²) in [6, 6.07) is 0. The number of rotatable bonds is 4. The fraction of sp³-hybridized carbons (Fsp3) is 0.583. The molecule has 0 spiro atoms. The molecule has 0 amide bonds. The lowest BCUT2D eigenvalue weighted by molar-refractivity contribution is 0.0699. The van der Waals surface area contributed by atoms with Crippen molar-refractivity contribution in [2.75, 3.05) is 25.1 Å². The molecule has 18 heavy (non-hydrogen) atoms. The highest BCUT2D eigenvalue weighted by Crippen LogP contribution is 2.21. The van der Waals surface area contributed by atoms with E-state index in [1.54, 1.807) is 6.92 Å². The first-order valence-electron chi connectivity index (χ1n) is 6.01. The zero-order chi connectivity index (χ0) is 13.0. The molecular formula is C12H16ClN3O2. The number of aromatic nitrogens is 2. The van der Waals surface area contributed by atoms with Gasteiger partial charge in [0.05, 0.1) is 5.56 Å². The number of anilines is 1. The molecule has 1 aliphatic rings. The Bertz CT molecular complexity index is 434. The van der Waals surface area contributed by atoms with Crippen molar-refractivity contribution in [3.63, 3.8) is 0 Å². The van der Waals surface area contributed by atoms with Gasteiger partial charge < -0.3 is 10.1 Å². The summed E-state index contributed by atoms with van der Waals surface area (Å²) in [5.41, 5.74) is 0.328. The van der Waals surface area contributed by atoms with Gasteiger partial charge in [-0.1, -0.05) is 11.6 Å². The van der Waals surface area contributed by atoms with Crippen molar-refractivity contribution in [1.82, 2.24) is 9.97 Å². The minimum atomic E-state index is 0.201. The van der Waals surface area contributed by atoms with Crippen LogP contribution in [0, 0.1) is 12.8 Å². The van der Waals surface area contributed by atoms with E-state index in [9.17, 15) is 4.79 Å². The number of carbonyl (C=O) groups is 1. The first kappa shape index (κ1) is 13.2. The van der Waals surface area contributed by atoms with Gasteiger partial charge in [0.25, 0.3) is 0 Å². The van der Waals surface area contributed by atoms with E-state index in [2.05, 4.69) is 15.3 Å². The van der Waals surface area contributed by atoms with Crippen LogP contribution in [0.15, 0.2) is 0 Å². The summed E-state index contributed by atoms with van der Waals surface area (Å²) in [5.74, 6) is 1.63. The number of nitrogens with zero attached hydrogens (tertiary/aromatic N) is 2. The maximum Gasteiger partial charge on any atom is 0.156 e. The summed E-state index contributed by atoms with van der Waals surface area (Å²) in [4.78, 5) is 19.2. The van der Waals surface area contributed by atoms with Crippen molar-refractivity contribution >= 4 is 23.7 Å². The molecule has 1 aliphatic heterocycles. The summed E-state index contributed by atoms with van der Waals surface area (Å²) in [7, 11) is 0. The molecule has 0 atom stereocenters. The summed E-state index contributed by atoms with van der Waals surface area (Å²) in [6.07, 6.45) is 2.75. The molecular weight excluding hydrogens is 254 g/mol. The number of aldehydes is 1. The fourth-order valence-electron chi connectivity index (χ4n) is 1.98. The Morgan fingerprint density at radius 2 is 2.17 bits per heavy atom. The van der Waals surface area contributed by atoms with Crippen LogP contribution in [0.2, 0.25) is 5.15 Å². The van der Waals surface area contributed by atoms with Crippen LogP contribution in [0.1, 0.15) is 29.0 Å². The number of carbonyl (C=O) groups excluding carboxylic acids is 1. The van der Waals surface area contributed by atoms with Crippen LogP contribution in [-0.4, -0.2) is 36.0 Å². The first-order chi connectivity index (χ1) is 8.70. The molecule has 2 heterocycles. The molecule has 1 saturated heterocycles. The highest BCUT2D eigenvalue weighted by molar-refractivity contribution is 6.32. The van der Waals surface area contributed by atoms with E-state index in [0.717, 1.165) is 32.6 Å². The quantitative estimate of drug-likeness (QED) is 0.670. The van der Waals surface area contributed by atoms with Gasteiger partial charge in [-0.25, -0.2) is 9.97 Å². The van der Waals surface area contributed by atoms with Crippen molar-refractivity contribution in [2.45, 2.75) is 19.8 Å². The minimum Gasteiger partial charge on any atom is -0.381 e. The van der Waals surface area contributed by atoms with E-state index in [-0.39, 0.29) is 5.15 Å². The lowest BCUT2D eigenvalue weighted by Crippen LogP contribution is -2.23. The molecule has 6 heteroatoms. The first-order valence-corrected chi connectivity index (χ1v) is 6.39. The Kier molecular flexibility index (Phi) is 4.49. The molecule has 1 aromatic rings. The van der Waals surface area contributed by atoms with E-state index < -0.39 is 0 Å². The summed E-state index contributed by atoms with van der Waals surface area (Å²) < 4.78 is 5.30. The number of hydrogen-bond acceptors (Lipinski definition) is 5. The molecule has 1 fully saturated rings. The molecule has 1 aromatic heterocycles. The molecule has 98 valence electrons. The van der Waals surface area contributed by atoms with Gasteiger partial charge in [0, 0.05) is 19.8 Å². The van der Waals surface area contributed by atoms with Crippen molar-refractivity contribution < 1.29 is 9.53 Å². The summed E-state index contributed by atoms with van der Waals surface area (Å²) >= 11 is 5.91. The zero-order valence-corrected chi connectivity index (χ0v) is 11.0. The molecule has 5 nitrogen and oxygen atoms in total. The van der Waals surface area contributed by atoms with Gasteiger partial charge in [0.1, 0.15) is 16.8 Å². The molecule has 1 N–H and O–H groups in total. The summed E-state index contributed by atoms with van der Waals surface area (Å²) in [6.45, 7) is 4.13. The molecule has 0 aromatic carbocycles. The Balaban J connectivity index is 2.05. The predicted molar refractivity (Wildman–Crippen MR) is 69.2 cm³/mol. The largest absolute Gasteiger partial charge is 0.381 e.